The Morgan fingerprint density at radius 3 is 2.69 bits per heavy atom. The summed E-state index contributed by atoms with van der Waals surface area (Å²) >= 11 is 0. The second-order valence-electron chi connectivity index (χ2n) is 13.9. The lowest BCUT2D eigenvalue weighted by Crippen LogP contribution is -2.83. The van der Waals surface area contributed by atoms with Gasteiger partial charge in [0.1, 0.15) is 11.7 Å². The topological polar surface area (TPSA) is 51.2 Å². The maximum Gasteiger partial charge on any atom is 0.165 e. The van der Waals surface area contributed by atoms with Crippen LogP contribution in [0.1, 0.15) is 81.5 Å². The predicted octanol–water partition coefficient (Wildman–Crippen LogP) is 4.72. The maximum atomic E-state index is 12.3. The third-order valence-electron chi connectivity index (χ3n) is 12.0. The SMILES string of the molecule is [2H]C([2H])([2H])Oc1ccc2c3c1OC1[C@@]4(OC)CC[C@@]5(C[C@@H]4[C@](C)(O)C(C)(C)C)[C@@H](C2)N(CC2CC2)CC[C@]315. The van der Waals surface area contributed by atoms with Gasteiger partial charge >= 0.3 is 0 Å². The summed E-state index contributed by atoms with van der Waals surface area (Å²) in [6, 6.07) is 4.28. The highest BCUT2D eigenvalue weighted by atomic mass is 16.6. The van der Waals surface area contributed by atoms with Crippen LogP contribution in [0.5, 0.6) is 11.5 Å². The van der Waals surface area contributed by atoms with Crippen LogP contribution in [-0.2, 0) is 16.6 Å². The fourth-order valence-electron chi connectivity index (χ4n) is 9.65. The van der Waals surface area contributed by atoms with Crippen molar-refractivity contribution in [1.29, 1.82) is 0 Å². The minimum atomic E-state index is -2.56. The molecule has 0 amide bonds. The number of rotatable bonds is 5. The number of hydrogen-bond donors (Lipinski definition) is 1. The average molecular weight is 485 g/mol. The molecule has 1 aromatic rings. The monoisotopic (exact) mass is 484 g/mol. The highest BCUT2D eigenvalue weighted by Crippen LogP contribution is 2.78. The molecular weight excluding hydrogens is 438 g/mol. The smallest absolute Gasteiger partial charge is 0.165 e. The number of benzene rings is 1. The van der Waals surface area contributed by atoms with Gasteiger partial charge in [-0.25, -0.2) is 0 Å². The van der Waals surface area contributed by atoms with Crippen molar-refractivity contribution in [3.63, 3.8) is 0 Å². The van der Waals surface area contributed by atoms with Crippen LogP contribution in [-0.4, -0.2) is 60.6 Å². The molecule has 5 nitrogen and oxygen atoms in total. The van der Waals surface area contributed by atoms with E-state index in [9.17, 15) is 5.11 Å². The van der Waals surface area contributed by atoms with Crippen LogP contribution in [0.25, 0.3) is 0 Å². The van der Waals surface area contributed by atoms with Crippen molar-refractivity contribution < 1.29 is 23.4 Å². The molecule has 1 N–H and O–H groups in total. The summed E-state index contributed by atoms with van der Waals surface area (Å²) in [6.45, 7) is 10.5. The van der Waals surface area contributed by atoms with Crippen LogP contribution in [0, 0.1) is 22.7 Å². The summed E-state index contributed by atoms with van der Waals surface area (Å²) in [5.74, 6) is 1.62. The number of hydrogen-bond acceptors (Lipinski definition) is 5. The zero-order valence-electron chi connectivity index (χ0n) is 24.9. The van der Waals surface area contributed by atoms with Gasteiger partial charge in [-0.2, -0.15) is 0 Å². The van der Waals surface area contributed by atoms with Gasteiger partial charge < -0.3 is 19.3 Å². The fourth-order valence-corrected chi connectivity index (χ4v) is 9.65. The zero-order valence-corrected chi connectivity index (χ0v) is 21.9. The minimum absolute atomic E-state index is 0.0676. The Morgan fingerprint density at radius 2 is 2.00 bits per heavy atom. The number of methoxy groups -OCH3 is 2. The largest absolute Gasteiger partial charge is 0.493 e. The molecule has 0 aromatic heterocycles. The van der Waals surface area contributed by atoms with E-state index in [1.54, 1.807) is 13.2 Å². The molecule has 192 valence electrons. The van der Waals surface area contributed by atoms with Crippen molar-refractivity contribution in [2.45, 2.75) is 101 Å². The van der Waals surface area contributed by atoms with E-state index in [1.807, 2.05) is 6.92 Å². The summed E-state index contributed by atoms with van der Waals surface area (Å²) in [5.41, 5.74) is 0.108. The van der Waals surface area contributed by atoms with Crippen molar-refractivity contribution in [2.75, 3.05) is 27.2 Å². The molecule has 4 bridgehead atoms. The lowest BCUT2D eigenvalue weighted by atomic mass is 9.33. The predicted molar refractivity (Wildman–Crippen MR) is 135 cm³/mol. The summed E-state index contributed by atoms with van der Waals surface area (Å²) in [4.78, 5) is 2.78. The zero-order chi connectivity index (χ0) is 27.1. The Bertz CT molecular complexity index is 1170. The lowest BCUT2D eigenvalue weighted by Gasteiger charge is -2.75. The Labute approximate surface area is 214 Å². The molecule has 7 aliphatic rings. The van der Waals surface area contributed by atoms with Gasteiger partial charge in [-0.05, 0) is 81.4 Å². The molecule has 2 aliphatic heterocycles. The number of ether oxygens (including phenoxy) is 3. The first kappa shape index (κ1) is 19.8. The van der Waals surface area contributed by atoms with E-state index in [1.165, 1.54) is 24.0 Å². The molecule has 8 rings (SSSR count). The summed E-state index contributed by atoms with van der Waals surface area (Å²) in [7, 11) is -0.769. The molecule has 1 saturated heterocycles. The quantitative estimate of drug-likeness (QED) is 0.656. The third-order valence-corrected chi connectivity index (χ3v) is 12.0. The van der Waals surface area contributed by atoms with Gasteiger partial charge in [0.2, 0.25) is 0 Å². The van der Waals surface area contributed by atoms with Crippen LogP contribution in [0.2, 0.25) is 0 Å². The molecule has 4 saturated carbocycles. The van der Waals surface area contributed by atoms with E-state index in [2.05, 4.69) is 31.7 Å². The summed E-state index contributed by atoms with van der Waals surface area (Å²) in [5, 5.41) is 12.3. The first-order valence-corrected chi connectivity index (χ1v) is 13.7. The molecule has 1 aromatic carbocycles. The van der Waals surface area contributed by atoms with Crippen LogP contribution >= 0.6 is 0 Å². The summed E-state index contributed by atoms with van der Waals surface area (Å²) in [6.07, 6.45) is 7.03. The standard InChI is InChI=1S/C30H43NO4/c1-26(2,3)27(4,32)21-16-28-11-12-30(21,34-6)25-29(28)13-14-31(17-18-7-8-18)22(28)15-19-9-10-20(33-5)24(35-25)23(19)29/h9-10,18,21-22,25,32H,7-8,11-17H2,1-6H3/t21-,22-,25?,27+,28-,29+,30-/m1/s1/i5D3. The maximum absolute atomic E-state index is 12.3. The first-order valence-electron chi connectivity index (χ1n) is 15.2. The van der Waals surface area contributed by atoms with Crippen LogP contribution in [0.4, 0.5) is 0 Å². The Balaban J connectivity index is 1.46. The van der Waals surface area contributed by atoms with Gasteiger partial charge in [-0.3, -0.25) is 4.90 Å². The van der Waals surface area contributed by atoms with Gasteiger partial charge in [0.25, 0.3) is 0 Å². The van der Waals surface area contributed by atoms with Crippen LogP contribution in [0.15, 0.2) is 12.1 Å². The Kier molecular flexibility index (Phi) is 3.82. The second kappa shape index (κ2) is 6.76. The van der Waals surface area contributed by atoms with Gasteiger partial charge in [-0.15, -0.1) is 0 Å². The number of likely N-dealkylation sites (tertiary alicyclic amines) is 1. The van der Waals surface area contributed by atoms with E-state index in [0.717, 1.165) is 51.1 Å². The van der Waals surface area contributed by atoms with Gasteiger partial charge in [0, 0.05) is 42.0 Å². The molecule has 2 heterocycles. The van der Waals surface area contributed by atoms with E-state index in [4.69, 9.17) is 18.3 Å². The second-order valence-corrected chi connectivity index (χ2v) is 13.9. The van der Waals surface area contributed by atoms with E-state index in [-0.39, 0.29) is 28.3 Å². The molecular formula is C30H43NO4. The normalized spacial score (nSPS) is 44.5. The Morgan fingerprint density at radius 1 is 1.20 bits per heavy atom. The van der Waals surface area contributed by atoms with Crippen molar-refractivity contribution in [1.82, 2.24) is 4.90 Å². The Hall–Kier alpha value is -1.30. The van der Waals surface area contributed by atoms with E-state index >= 15 is 0 Å². The molecule has 1 unspecified atom stereocenters. The van der Waals surface area contributed by atoms with Crippen molar-refractivity contribution in [3.05, 3.63) is 23.3 Å². The third kappa shape index (κ3) is 2.47. The van der Waals surface area contributed by atoms with Crippen LogP contribution in [0.3, 0.4) is 0 Å². The molecule has 5 heteroatoms. The molecule has 35 heavy (non-hydrogen) atoms. The van der Waals surface area contributed by atoms with Gasteiger partial charge in [0.05, 0.1) is 16.8 Å². The van der Waals surface area contributed by atoms with Crippen molar-refractivity contribution >= 4 is 0 Å². The molecule has 0 radical (unpaired) electrons. The number of piperidine rings is 1. The number of aliphatic hydroxyl groups is 1. The van der Waals surface area contributed by atoms with E-state index < -0.39 is 18.2 Å². The van der Waals surface area contributed by atoms with Gasteiger partial charge in [-0.1, -0.05) is 26.8 Å². The highest BCUT2D eigenvalue weighted by Gasteiger charge is 2.82. The first-order chi connectivity index (χ1) is 17.7. The van der Waals surface area contributed by atoms with Crippen LogP contribution < -0.4 is 9.47 Å². The van der Waals surface area contributed by atoms with Crippen molar-refractivity contribution in [3.8, 4) is 11.5 Å². The fraction of sp³-hybridized carbons (Fsp3) is 0.800. The average Bonchev–Trinajstić information content (AvgIpc) is 3.57. The molecule has 5 aliphatic carbocycles. The number of fused-ring (bicyclic) bond motifs is 2. The lowest BCUT2D eigenvalue weighted by molar-refractivity contribution is -0.312. The van der Waals surface area contributed by atoms with E-state index in [0.29, 0.717) is 17.5 Å². The molecule has 7 atom stereocenters. The highest BCUT2D eigenvalue weighted by molar-refractivity contribution is 5.63. The van der Waals surface area contributed by atoms with Gasteiger partial charge in [0.15, 0.2) is 11.5 Å². The summed E-state index contributed by atoms with van der Waals surface area (Å²) < 4.78 is 42.6. The van der Waals surface area contributed by atoms with Crippen molar-refractivity contribution in [2.24, 2.45) is 22.7 Å². The minimum Gasteiger partial charge on any atom is -0.493 e. The molecule has 5 fully saturated rings. The molecule has 2 spiro atoms. The number of nitrogens with zero attached hydrogens (tertiary/aromatic N) is 1.